The molecule has 1 aliphatic rings. The molecule has 3 aromatic rings. The molecular weight excluding hydrogens is 343 g/mol. The second kappa shape index (κ2) is 6.85. The molecule has 0 spiro atoms. The van der Waals surface area contributed by atoms with Gasteiger partial charge in [0, 0.05) is 22.4 Å². The standard InChI is InChI=1S/C18H15FN2O3S/c1-11-4-2-3-5-15(11)17-20-21-18(24-17)25-9-13-7-14(19)6-12-8-22-10-23-16(12)13/h2-7H,8-10H2,1H3. The first-order chi connectivity index (χ1) is 12.2. The molecule has 2 heterocycles. The van der Waals surface area contributed by atoms with Crippen LogP contribution in [0.15, 0.2) is 46.0 Å². The molecule has 0 saturated carbocycles. The highest BCUT2D eigenvalue weighted by Gasteiger charge is 2.18. The van der Waals surface area contributed by atoms with E-state index in [0.717, 1.165) is 16.7 Å². The van der Waals surface area contributed by atoms with Crippen LogP contribution in [0, 0.1) is 12.7 Å². The third kappa shape index (κ3) is 3.38. The summed E-state index contributed by atoms with van der Waals surface area (Å²) >= 11 is 1.35. The number of hydrogen-bond donors (Lipinski definition) is 0. The molecule has 0 N–H and O–H groups in total. The van der Waals surface area contributed by atoms with Crippen LogP contribution in [0.4, 0.5) is 4.39 Å². The van der Waals surface area contributed by atoms with Crippen molar-refractivity contribution in [3.8, 4) is 17.2 Å². The maximum Gasteiger partial charge on any atom is 0.277 e. The highest BCUT2D eigenvalue weighted by Crippen LogP contribution is 2.34. The van der Waals surface area contributed by atoms with Gasteiger partial charge in [-0.1, -0.05) is 30.0 Å². The summed E-state index contributed by atoms with van der Waals surface area (Å²) in [6.07, 6.45) is 0. The van der Waals surface area contributed by atoms with Crippen molar-refractivity contribution in [1.29, 1.82) is 0 Å². The lowest BCUT2D eigenvalue weighted by Gasteiger charge is -2.20. The van der Waals surface area contributed by atoms with Crippen molar-refractivity contribution in [1.82, 2.24) is 10.2 Å². The van der Waals surface area contributed by atoms with Crippen LogP contribution >= 0.6 is 11.8 Å². The van der Waals surface area contributed by atoms with Crippen LogP contribution in [0.5, 0.6) is 5.75 Å². The molecule has 0 saturated heterocycles. The third-order valence-corrected chi connectivity index (χ3v) is 4.75. The molecule has 0 fully saturated rings. The van der Waals surface area contributed by atoms with Gasteiger partial charge in [-0.2, -0.15) is 0 Å². The molecule has 25 heavy (non-hydrogen) atoms. The molecule has 0 aliphatic carbocycles. The molecule has 7 heteroatoms. The van der Waals surface area contributed by atoms with Gasteiger partial charge in [-0.15, -0.1) is 10.2 Å². The largest absolute Gasteiger partial charge is 0.467 e. The van der Waals surface area contributed by atoms with Gasteiger partial charge in [-0.05, 0) is 30.7 Å². The fraction of sp³-hybridized carbons (Fsp3) is 0.222. The molecule has 0 bridgehead atoms. The normalized spacial score (nSPS) is 13.4. The Kier molecular flexibility index (Phi) is 4.42. The second-order valence-electron chi connectivity index (χ2n) is 5.64. The van der Waals surface area contributed by atoms with E-state index in [4.69, 9.17) is 13.9 Å². The van der Waals surface area contributed by atoms with Gasteiger partial charge in [-0.3, -0.25) is 0 Å². The minimum Gasteiger partial charge on any atom is -0.467 e. The molecule has 4 rings (SSSR count). The molecule has 0 amide bonds. The number of nitrogens with zero attached hydrogens (tertiary/aromatic N) is 2. The van der Waals surface area contributed by atoms with Crippen LogP contribution in [-0.2, 0) is 17.1 Å². The summed E-state index contributed by atoms with van der Waals surface area (Å²) in [5, 5.41) is 8.61. The molecule has 0 atom stereocenters. The zero-order valence-corrected chi connectivity index (χ0v) is 14.3. The smallest absolute Gasteiger partial charge is 0.277 e. The Balaban J connectivity index is 1.53. The van der Waals surface area contributed by atoms with Crippen molar-refractivity contribution in [3.05, 3.63) is 58.9 Å². The van der Waals surface area contributed by atoms with E-state index in [1.165, 1.54) is 23.9 Å². The van der Waals surface area contributed by atoms with E-state index in [0.29, 0.717) is 34.8 Å². The van der Waals surface area contributed by atoms with Gasteiger partial charge in [0.05, 0.1) is 6.61 Å². The summed E-state index contributed by atoms with van der Waals surface area (Å²) < 4.78 is 30.2. The van der Waals surface area contributed by atoms with Gasteiger partial charge in [0.15, 0.2) is 6.79 Å². The molecular formula is C18H15FN2O3S. The average molecular weight is 358 g/mol. The van der Waals surface area contributed by atoms with E-state index < -0.39 is 0 Å². The summed E-state index contributed by atoms with van der Waals surface area (Å²) in [5.74, 6) is 1.31. The average Bonchev–Trinajstić information content (AvgIpc) is 3.08. The predicted octanol–water partition coefficient (Wildman–Crippen LogP) is 4.34. The Morgan fingerprint density at radius 3 is 2.96 bits per heavy atom. The minimum absolute atomic E-state index is 0.175. The van der Waals surface area contributed by atoms with Crippen molar-refractivity contribution in [2.75, 3.05) is 6.79 Å². The third-order valence-electron chi connectivity index (χ3n) is 3.88. The number of halogens is 1. The number of hydrogen-bond acceptors (Lipinski definition) is 6. The van der Waals surface area contributed by atoms with Crippen LogP contribution in [0.1, 0.15) is 16.7 Å². The van der Waals surface area contributed by atoms with Gasteiger partial charge in [0.25, 0.3) is 5.22 Å². The van der Waals surface area contributed by atoms with Crippen LogP contribution in [0.2, 0.25) is 0 Å². The van der Waals surface area contributed by atoms with Crippen molar-refractivity contribution in [3.63, 3.8) is 0 Å². The van der Waals surface area contributed by atoms with E-state index in [1.54, 1.807) is 0 Å². The minimum atomic E-state index is -0.311. The first-order valence-electron chi connectivity index (χ1n) is 7.75. The van der Waals surface area contributed by atoms with Crippen molar-refractivity contribution >= 4 is 11.8 Å². The van der Waals surface area contributed by atoms with Crippen molar-refractivity contribution in [2.24, 2.45) is 0 Å². The van der Waals surface area contributed by atoms with E-state index in [1.807, 2.05) is 31.2 Å². The molecule has 1 aromatic heterocycles. The lowest BCUT2D eigenvalue weighted by molar-refractivity contribution is -0.0171. The summed E-state index contributed by atoms with van der Waals surface area (Å²) in [6.45, 7) is 2.52. The number of benzene rings is 2. The Bertz CT molecular complexity index is 913. The lowest BCUT2D eigenvalue weighted by atomic mass is 10.1. The number of thioether (sulfide) groups is 1. The summed E-state index contributed by atoms with van der Waals surface area (Å²) in [7, 11) is 0. The molecule has 2 aromatic carbocycles. The van der Waals surface area contributed by atoms with E-state index >= 15 is 0 Å². The van der Waals surface area contributed by atoms with Gasteiger partial charge >= 0.3 is 0 Å². The molecule has 0 radical (unpaired) electrons. The fourth-order valence-electron chi connectivity index (χ4n) is 2.69. The van der Waals surface area contributed by atoms with Gasteiger partial charge in [0.2, 0.25) is 5.89 Å². The van der Waals surface area contributed by atoms with Crippen LogP contribution in [-0.4, -0.2) is 17.0 Å². The van der Waals surface area contributed by atoms with E-state index in [9.17, 15) is 4.39 Å². The maximum atomic E-state index is 13.8. The number of ether oxygens (including phenoxy) is 2. The Labute approximate surface area is 148 Å². The Morgan fingerprint density at radius 2 is 2.08 bits per heavy atom. The number of aromatic nitrogens is 2. The van der Waals surface area contributed by atoms with Gasteiger partial charge < -0.3 is 13.9 Å². The second-order valence-corrected chi connectivity index (χ2v) is 6.57. The zero-order valence-electron chi connectivity index (χ0n) is 13.5. The number of rotatable bonds is 4. The Hall–Kier alpha value is -2.38. The highest BCUT2D eigenvalue weighted by atomic mass is 32.2. The first kappa shape index (κ1) is 16.1. The van der Waals surface area contributed by atoms with Crippen LogP contribution in [0.3, 0.4) is 0 Å². The highest BCUT2D eigenvalue weighted by molar-refractivity contribution is 7.98. The van der Waals surface area contributed by atoms with Gasteiger partial charge in [-0.25, -0.2) is 4.39 Å². The molecule has 128 valence electrons. The van der Waals surface area contributed by atoms with Crippen LogP contribution < -0.4 is 4.74 Å². The molecule has 5 nitrogen and oxygen atoms in total. The first-order valence-corrected chi connectivity index (χ1v) is 8.73. The summed E-state index contributed by atoms with van der Waals surface area (Å²) in [5.41, 5.74) is 3.44. The maximum absolute atomic E-state index is 13.8. The monoisotopic (exact) mass is 358 g/mol. The van der Waals surface area contributed by atoms with E-state index in [2.05, 4.69) is 10.2 Å². The van der Waals surface area contributed by atoms with Crippen molar-refractivity contribution < 1.29 is 18.3 Å². The topological polar surface area (TPSA) is 57.4 Å². The predicted molar refractivity (Wildman–Crippen MR) is 90.7 cm³/mol. The number of aryl methyl sites for hydroxylation is 1. The van der Waals surface area contributed by atoms with Crippen LogP contribution in [0.25, 0.3) is 11.5 Å². The zero-order chi connectivity index (χ0) is 17.2. The summed E-state index contributed by atoms with van der Waals surface area (Å²) in [4.78, 5) is 0. The molecule has 0 unspecified atom stereocenters. The lowest BCUT2D eigenvalue weighted by Crippen LogP contribution is -2.13. The van der Waals surface area contributed by atoms with E-state index in [-0.39, 0.29) is 12.6 Å². The number of fused-ring (bicyclic) bond motifs is 1. The Morgan fingerprint density at radius 1 is 1.20 bits per heavy atom. The quantitative estimate of drug-likeness (QED) is 0.647. The molecule has 1 aliphatic heterocycles. The van der Waals surface area contributed by atoms with Gasteiger partial charge in [0.1, 0.15) is 11.6 Å². The SMILES string of the molecule is Cc1ccccc1-c1nnc(SCc2cc(F)cc3c2OCOC3)o1. The fourth-order valence-corrected chi connectivity index (χ4v) is 3.42. The van der Waals surface area contributed by atoms with Crippen molar-refractivity contribution in [2.45, 2.75) is 24.5 Å². The summed E-state index contributed by atoms with van der Waals surface area (Å²) in [6, 6.07) is 10.7.